The quantitative estimate of drug-likeness (QED) is 0.906. The average Bonchev–Trinajstić information content (AvgIpc) is 2.97. The fourth-order valence-electron chi connectivity index (χ4n) is 3.53. The molecule has 3 heterocycles. The number of hydrogen-bond donors (Lipinski definition) is 1. The first-order valence-corrected chi connectivity index (χ1v) is 9.11. The van der Waals surface area contributed by atoms with E-state index in [4.69, 9.17) is 0 Å². The Kier molecular flexibility index (Phi) is 4.70. The normalized spacial score (nSPS) is 17.7. The van der Waals surface area contributed by atoms with Crippen LogP contribution in [0.4, 0.5) is 0 Å². The molecule has 0 unspecified atom stereocenters. The summed E-state index contributed by atoms with van der Waals surface area (Å²) >= 11 is 0. The summed E-state index contributed by atoms with van der Waals surface area (Å²) in [6.45, 7) is 3.31. The predicted molar refractivity (Wildman–Crippen MR) is 95.3 cm³/mol. The highest BCUT2D eigenvalue weighted by Crippen LogP contribution is 2.23. The lowest BCUT2D eigenvalue weighted by Gasteiger charge is -2.19. The van der Waals surface area contributed by atoms with Gasteiger partial charge in [-0.2, -0.15) is 0 Å². The Morgan fingerprint density at radius 2 is 1.80 bits per heavy atom. The molecule has 6 nitrogen and oxygen atoms in total. The SMILES string of the molecule is O=C(c1cnc(-c2cnc3c(c2)CCCC3)nc1)N1CCCNCC1. The van der Waals surface area contributed by atoms with Crippen molar-refractivity contribution in [3.8, 4) is 11.4 Å². The number of nitrogens with one attached hydrogen (secondary N) is 1. The Hall–Kier alpha value is -2.34. The number of pyridine rings is 1. The van der Waals surface area contributed by atoms with Crippen molar-refractivity contribution in [3.63, 3.8) is 0 Å². The summed E-state index contributed by atoms with van der Waals surface area (Å²) in [6, 6.07) is 2.15. The number of aromatic nitrogens is 3. The number of amides is 1. The maximum atomic E-state index is 12.6. The minimum Gasteiger partial charge on any atom is -0.337 e. The Balaban J connectivity index is 1.52. The number of aryl methyl sites for hydroxylation is 2. The molecule has 1 fully saturated rings. The second-order valence-corrected chi connectivity index (χ2v) is 6.73. The van der Waals surface area contributed by atoms with Crippen LogP contribution in [0.2, 0.25) is 0 Å². The fraction of sp³-hybridized carbons (Fsp3) is 0.474. The van der Waals surface area contributed by atoms with E-state index in [1.54, 1.807) is 12.4 Å². The minimum absolute atomic E-state index is 0.0128. The molecular weight excluding hydrogens is 314 g/mol. The third-order valence-corrected chi connectivity index (χ3v) is 4.95. The standard InChI is InChI=1S/C19H23N5O/c25-19(24-8-3-6-20-7-9-24)16-12-22-18(23-13-16)15-10-14-4-1-2-5-17(14)21-11-15/h10-13,20H,1-9H2. The van der Waals surface area contributed by atoms with Gasteiger partial charge in [-0.3, -0.25) is 9.78 Å². The molecule has 0 spiro atoms. The molecule has 0 saturated carbocycles. The van der Waals surface area contributed by atoms with Gasteiger partial charge in [0.05, 0.1) is 5.56 Å². The summed E-state index contributed by atoms with van der Waals surface area (Å²) < 4.78 is 0. The molecule has 130 valence electrons. The second-order valence-electron chi connectivity index (χ2n) is 6.73. The van der Waals surface area contributed by atoms with Crippen molar-refractivity contribution in [2.24, 2.45) is 0 Å². The van der Waals surface area contributed by atoms with Gasteiger partial charge in [0.1, 0.15) is 0 Å². The maximum Gasteiger partial charge on any atom is 0.257 e. The first-order chi connectivity index (χ1) is 12.3. The van der Waals surface area contributed by atoms with Gasteiger partial charge in [-0.25, -0.2) is 9.97 Å². The van der Waals surface area contributed by atoms with E-state index in [0.717, 1.165) is 51.0 Å². The fourth-order valence-corrected chi connectivity index (χ4v) is 3.53. The highest BCUT2D eigenvalue weighted by Gasteiger charge is 2.18. The van der Waals surface area contributed by atoms with Crippen LogP contribution >= 0.6 is 0 Å². The number of nitrogens with zero attached hydrogens (tertiary/aromatic N) is 4. The number of fused-ring (bicyclic) bond motifs is 1. The maximum absolute atomic E-state index is 12.6. The molecule has 2 aromatic heterocycles. The highest BCUT2D eigenvalue weighted by atomic mass is 16.2. The van der Waals surface area contributed by atoms with Crippen LogP contribution in [0.3, 0.4) is 0 Å². The van der Waals surface area contributed by atoms with Crippen LogP contribution in [0, 0.1) is 0 Å². The summed E-state index contributed by atoms with van der Waals surface area (Å²) in [4.78, 5) is 27.9. The van der Waals surface area contributed by atoms with E-state index in [9.17, 15) is 4.79 Å². The zero-order chi connectivity index (χ0) is 17.1. The molecule has 1 aliphatic heterocycles. The van der Waals surface area contributed by atoms with Gasteiger partial charge >= 0.3 is 0 Å². The third kappa shape index (κ3) is 3.54. The van der Waals surface area contributed by atoms with Crippen molar-refractivity contribution in [3.05, 3.63) is 41.5 Å². The van der Waals surface area contributed by atoms with Gasteiger partial charge in [0.15, 0.2) is 5.82 Å². The van der Waals surface area contributed by atoms with E-state index in [1.165, 1.54) is 24.1 Å². The zero-order valence-corrected chi connectivity index (χ0v) is 14.4. The molecule has 1 aliphatic carbocycles. The molecule has 2 aliphatic rings. The molecule has 4 rings (SSSR count). The van der Waals surface area contributed by atoms with Gasteiger partial charge in [0, 0.05) is 49.5 Å². The summed E-state index contributed by atoms with van der Waals surface area (Å²) in [5, 5.41) is 3.31. The average molecular weight is 337 g/mol. The van der Waals surface area contributed by atoms with Crippen molar-refractivity contribution in [1.82, 2.24) is 25.2 Å². The van der Waals surface area contributed by atoms with Crippen molar-refractivity contribution < 1.29 is 4.79 Å². The van der Waals surface area contributed by atoms with Crippen LogP contribution in [0.25, 0.3) is 11.4 Å². The van der Waals surface area contributed by atoms with E-state index in [-0.39, 0.29) is 5.91 Å². The van der Waals surface area contributed by atoms with Gasteiger partial charge in [0.25, 0.3) is 5.91 Å². The first kappa shape index (κ1) is 16.1. The summed E-state index contributed by atoms with van der Waals surface area (Å²) in [6.07, 6.45) is 10.7. The van der Waals surface area contributed by atoms with Gasteiger partial charge in [-0.1, -0.05) is 0 Å². The monoisotopic (exact) mass is 337 g/mol. The molecule has 0 radical (unpaired) electrons. The van der Waals surface area contributed by atoms with E-state index in [0.29, 0.717) is 11.4 Å². The van der Waals surface area contributed by atoms with Crippen LogP contribution in [-0.4, -0.2) is 51.9 Å². The molecule has 6 heteroatoms. The molecule has 25 heavy (non-hydrogen) atoms. The molecular formula is C19H23N5O. The van der Waals surface area contributed by atoms with Crippen molar-refractivity contribution in [2.75, 3.05) is 26.2 Å². The largest absolute Gasteiger partial charge is 0.337 e. The first-order valence-electron chi connectivity index (χ1n) is 9.11. The van der Waals surface area contributed by atoms with Crippen LogP contribution in [0.15, 0.2) is 24.7 Å². The Labute approximate surface area is 147 Å². The van der Waals surface area contributed by atoms with Gasteiger partial charge in [-0.05, 0) is 50.3 Å². The Morgan fingerprint density at radius 3 is 2.68 bits per heavy atom. The second kappa shape index (κ2) is 7.27. The summed E-state index contributed by atoms with van der Waals surface area (Å²) in [5.41, 5.74) is 4.00. The molecule has 1 amide bonds. The van der Waals surface area contributed by atoms with Gasteiger partial charge in [0.2, 0.25) is 0 Å². The molecule has 2 aromatic rings. The highest BCUT2D eigenvalue weighted by molar-refractivity contribution is 5.93. The van der Waals surface area contributed by atoms with Crippen molar-refractivity contribution in [1.29, 1.82) is 0 Å². The summed E-state index contributed by atoms with van der Waals surface area (Å²) in [5.74, 6) is 0.647. The number of carbonyl (C=O) groups excluding carboxylic acids is 1. The lowest BCUT2D eigenvalue weighted by molar-refractivity contribution is 0.0765. The van der Waals surface area contributed by atoms with Gasteiger partial charge < -0.3 is 10.2 Å². The minimum atomic E-state index is 0.0128. The molecule has 1 N–H and O–H groups in total. The smallest absolute Gasteiger partial charge is 0.257 e. The molecule has 0 bridgehead atoms. The van der Waals surface area contributed by atoms with Crippen molar-refractivity contribution in [2.45, 2.75) is 32.1 Å². The lowest BCUT2D eigenvalue weighted by Crippen LogP contribution is -2.34. The third-order valence-electron chi connectivity index (χ3n) is 4.95. The number of rotatable bonds is 2. The Morgan fingerprint density at radius 1 is 0.960 bits per heavy atom. The van der Waals surface area contributed by atoms with Crippen LogP contribution in [0.5, 0.6) is 0 Å². The van der Waals surface area contributed by atoms with E-state index in [2.05, 4.69) is 26.3 Å². The van der Waals surface area contributed by atoms with E-state index in [1.807, 2.05) is 11.1 Å². The van der Waals surface area contributed by atoms with E-state index >= 15 is 0 Å². The lowest BCUT2D eigenvalue weighted by atomic mass is 9.95. The van der Waals surface area contributed by atoms with Crippen LogP contribution in [-0.2, 0) is 12.8 Å². The molecule has 0 atom stereocenters. The summed E-state index contributed by atoms with van der Waals surface area (Å²) in [7, 11) is 0. The van der Waals surface area contributed by atoms with Crippen LogP contribution < -0.4 is 5.32 Å². The van der Waals surface area contributed by atoms with Gasteiger partial charge in [-0.15, -0.1) is 0 Å². The topological polar surface area (TPSA) is 71.0 Å². The van der Waals surface area contributed by atoms with E-state index < -0.39 is 0 Å². The number of hydrogen-bond acceptors (Lipinski definition) is 5. The predicted octanol–water partition coefficient (Wildman–Crippen LogP) is 1.85. The molecule has 0 aromatic carbocycles. The zero-order valence-electron chi connectivity index (χ0n) is 14.4. The number of carbonyl (C=O) groups is 1. The van der Waals surface area contributed by atoms with Crippen molar-refractivity contribution >= 4 is 5.91 Å². The van der Waals surface area contributed by atoms with Crippen LogP contribution in [0.1, 0.15) is 40.9 Å². The molecule has 1 saturated heterocycles. The Bertz CT molecular complexity index is 751.